The van der Waals surface area contributed by atoms with Crippen molar-refractivity contribution in [3.63, 3.8) is 0 Å². The van der Waals surface area contributed by atoms with E-state index in [9.17, 15) is 4.39 Å². The number of rotatable bonds is 6. The molecule has 0 aliphatic rings. The van der Waals surface area contributed by atoms with Crippen LogP contribution in [0.5, 0.6) is 5.75 Å². The molecule has 0 aliphatic heterocycles. The van der Waals surface area contributed by atoms with Crippen molar-refractivity contribution in [3.05, 3.63) is 65.5 Å². The highest BCUT2D eigenvalue weighted by Crippen LogP contribution is 2.29. The summed E-state index contributed by atoms with van der Waals surface area (Å²) in [6.07, 6.45) is 1.74. The fraction of sp³-hybridized carbons (Fsp3) is 0.294. The fourth-order valence-corrected chi connectivity index (χ4v) is 2.67. The van der Waals surface area contributed by atoms with Crippen LogP contribution in [-0.2, 0) is 6.42 Å². The zero-order chi connectivity index (χ0) is 14.4. The Morgan fingerprint density at radius 2 is 1.95 bits per heavy atom. The lowest BCUT2D eigenvalue weighted by Gasteiger charge is -2.12. The van der Waals surface area contributed by atoms with E-state index in [2.05, 4.69) is 28.9 Å². The lowest BCUT2D eigenvalue weighted by Crippen LogP contribution is -1.99. The lowest BCUT2D eigenvalue weighted by molar-refractivity contribution is 0.317. The Balaban J connectivity index is 2.06. The summed E-state index contributed by atoms with van der Waals surface area (Å²) in [7, 11) is 0. The Bertz CT molecular complexity index is 556. The lowest BCUT2D eigenvalue weighted by atomic mass is 10.0. The quantitative estimate of drug-likeness (QED) is 0.651. The van der Waals surface area contributed by atoms with Crippen molar-refractivity contribution < 1.29 is 9.13 Å². The van der Waals surface area contributed by atoms with Crippen LogP contribution in [0.25, 0.3) is 0 Å². The standard InChI is InChI=1S/C17H18BrFO/c1-2-9-20-16-8-4-6-14(12-16)17(18)11-13-5-3-7-15(19)10-13/h3-8,10,12,17H,2,9,11H2,1H3. The molecule has 3 heteroatoms. The maximum Gasteiger partial charge on any atom is 0.123 e. The van der Waals surface area contributed by atoms with Gasteiger partial charge in [-0.3, -0.25) is 0 Å². The van der Waals surface area contributed by atoms with Crippen LogP contribution in [0, 0.1) is 5.82 Å². The molecule has 0 saturated carbocycles. The van der Waals surface area contributed by atoms with Crippen molar-refractivity contribution in [2.75, 3.05) is 6.61 Å². The van der Waals surface area contributed by atoms with E-state index in [1.54, 1.807) is 12.1 Å². The van der Waals surface area contributed by atoms with E-state index in [-0.39, 0.29) is 10.6 Å². The van der Waals surface area contributed by atoms with E-state index in [1.165, 1.54) is 6.07 Å². The Morgan fingerprint density at radius 3 is 2.70 bits per heavy atom. The number of halogens is 2. The van der Waals surface area contributed by atoms with Crippen LogP contribution in [0.3, 0.4) is 0 Å². The summed E-state index contributed by atoms with van der Waals surface area (Å²) in [5.41, 5.74) is 2.12. The highest BCUT2D eigenvalue weighted by Gasteiger charge is 2.10. The molecule has 0 aromatic heterocycles. The molecule has 2 rings (SSSR count). The molecule has 0 radical (unpaired) electrons. The molecule has 0 amide bonds. The minimum atomic E-state index is -0.192. The van der Waals surface area contributed by atoms with Crippen LogP contribution in [0.15, 0.2) is 48.5 Å². The second kappa shape index (κ2) is 7.44. The monoisotopic (exact) mass is 336 g/mol. The van der Waals surface area contributed by atoms with Crippen LogP contribution in [0.4, 0.5) is 4.39 Å². The third-order valence-corrected chi connectivity index (χ3v) is 3.85. The average Bonchev–Trinajstić information content (AvgIpc) is 2.45. The first-order chi connectivity index (χ1) is 9.69. The van der Waals surface area contributed by atoms with E-state index in [0.29, 0.717) is 0 Å². The molecule has 1 atom stereocenters. The minimum absolute atomic E-state index is 0.148. The van der Waals surface area contributed by atoms with Crippen LogP contribution in [0.1, 0.15) is 29.3 Å². The summed E-state index contributed by atoms with van der Waals surface area (Å²) in [4.78, 5) is 0.148. The average molecular weight is 337 g/mol. The largest absolute Gasteiger partial charge is 0.494 e. The van der Waals surface area contributed by atoms with Gasteiger partial charge in [0, 0.05) is 4.83 Å². The van der Waals surface area contributed by atoms with Crippen LogP contribution < -0.4 is 4.74 Å². The highest BCUT2D eigenvalue weighted by molar-refractivity contribution is 9.09. The fourth-order valence-electron chi connectivity index (χ4n) is 2.01. The topological polar surface area (TPSA) is 9.23 Å². The second-order valence-corrected chi connectivity index (χ2v) is 5.83. The van der Waals surface area contributed by atoms with Gasteiger partial charge in [-0.05, 0) is 48.2 Å². The van der Waals surface area contributed by atoms with Gasteiger partial charge in [0.05, 0.1) is 6.61 Å². The first-order valence-corrected chi connectivity index (χ1v) is 7.72. The Morgan fingerprint density at radius 1 is 1.15 bits per heavy atom. The van der Waals surface area contributed by atoms with E-state index in [1.807, 2.05) is 24.3 Å². The summed E-state index contributed by atoms with van der Waals surface area (Å²) in [6, 6.07) is 14.8. The van der Waals surface area contributed by atoms with Crippen LogP contribution in [-0.4, -0.2) is 6.61 Å². The molecule has 2 aromatic rings. The first-order valence-electron chi connectivity index (χ1n) is 6.80. The molecular weight excluding hydrogens is 319 g/mol. The van der Waals surface area contributed by atoms with E-state index in [4.69, 9.17) is 4.74 Å². The molecule has 0 heterocycles. The number of hydrogen-bond donors (Lipinski definition) is 0. The normalized spacial score (nSPS) is 12.2. The van der Waals surface area contributed by atoms with Crippen molar-refractivity contribution >= 4 is 15.9 Å². The summed E-state index contributed by atoms with van der Waals surface area (Å²) in [5.74, 6) is 0.690. The summed E-state index contributed by atoms with van der Waals surface area (Å²) in [5, 5.41) is 0. The van der Waals surface area contributed by atoms with Gasteiger partial charge in [0.1, 0.15) is 11.6 Å². The van der Waals surface area contributed by atoms with Gasteiger partial charge in [-0.2, -0.15) is 0 Å². The molecule has 0 saturated heterocycles. The smallest absolute Gasteiger partial charge is 0.123 e. The van der Waals surface area contributed by atoms with E-state index >= 15 is 0 Å². The van der Waals surface area contributed by atoms with Gasteiger partial charge in [-0.25, -0.2) is 4.39 Å². The molecule has 0 spiro atoms. The molecule has 20 heavy (non-hydrogen) atoms. The zero-order valence-corrected chi connectivity index (χ0v) is 13.1. The van der Waals surface area contributed by atoms with Gasteiger partial charge in [0.25, 0.3) is 0 Å². The van der Waals surface area contributed by atoms with Crippen molar-refractivity contribution in [2.24, 2.45) is 0 Å². The van der Waals surface area contributed by atoms with Gasteiger partial charge in [-0.15, -0.1) is 0 Å². The van der Waals surface area contributed by atoms with Gasteiger partial charge in [-0.1, -0.05) is 47.1 Å². The molecule has 2 aromatic carbocycles. The Kier molecular flexibility index (Phi) is 5.60. The van der Waals surface area contributed by atoms with Gasteiger partial charge in [0.15, 0.2) is 0 Å². The number of alkyl halides is 1. The molecule has 0 fully saturated rings. The Labute approximate surface area is 127 Å². The van der Waals surface area contributed by atoms with Gasteiger partial charge < -0.3 is 4.74 Å². The van der Waals surface area contributed by atoms with Crippen molar-refractivity contribution in [3.8, 4) is 5.75 Å². The molecule has 1 unspecified atom stereocenters. The third-order valence-electron chi connectivity index (χ3n) is 3.00. The molecule has 1 nitrogen and oxygen atoms in total. The maximum absolute atomic E-state index is 13.2. The van der Waals surface area contributed by atoms with E-state index < -0.39 is 0 Å². The first kappa shape index (κ1) is 15.0. The summed E-state index contributed by atoms with van der Waals surface area (Å²) >= 11 is 3.67. The number of hydrogen-bond acceptors (Lipinski definition) is 1. The van der Waals surface area contributed by atoms with Gasteiger partial charge >= 0.3 is 0 Å². The van der Waals surface area contributed by atoms with Crippen molar-refractivity contribution in [1.82, 2.24) is 0 Å². The third kappa shape index (κ3) is 4.34. The van der Waals surface area contributed by atoms with Crippen LogP contribution >= 0.6 is 15.9 Å². The second-order valence-electron chi connectivity index (χ2n) is 4.72. The SMILES string of the molecule is CCCOc1cccc(C(Br)Cc2cccc(F)c2)c1. The predicted molar refractivity (Wildman–Crippen MR) is 84.0 cm³/mol. The highest BCUT2D eigenvalue weighted by atomic mass is 79.9. The van der Waals surface area contributed by atoms with Gasteiger partial charge in [0.2, 0.25) is 0 Å². The summed E-state index contributed by atoms with van der Waals surface area (Å²) in [6.45, 7) is 2.81. The summed E-state index contributed by atoms with van der Waals surface area (Å²) < 4.78 is 18.8. The zero-order valence-electron chi connectivity index (χ0n) is 11.5. The molecule has 0 N–H and O–H groups in total. The molecule has 106 valence electrons. The number of ether oxygens (including phenoxy) is 1. The van der Waals surface area contributed by atoms with E-state index in [0.717, 1.165) is 36.3 Å². The molecular formula is C17H18BrFO. The number of benzene rings is 2. The van der Waals surface area contributed by atoms with Crippen molar-refractivity contribution in [2.45, 2.75) is 24.6 Å². The molecule has 0 aliphatic carbocycles. The maximum atomic E-state index is 13.2. The van der Waals surface area contributed by atoms with Crippen molar-refractivity contribution in [1.29, 1.82) is 0 Å². The predicted octanol–water partition coefficient (Wildman–Crippen LogP) is 5.29. The minimum Gasteiger partial charge on any atom is -0.494 e. The van der Waals surface area contributed by atoms with Crippen LogP contribution in [0.2, 0.25) is 0 Å². The Hall–Kier alpha value is -1.35. The molecule has 0 bridgehead atoms.